The van der Waals surface area contributed by atoms with Crippen molar-refractivity contribution >= 4 is 39.8 Å². The number of benzene rings is 3. The molecule has 0 unspecified atom stereocenters. The number of hydrogen-bond acceptors (Lipinski definition) is 3. The fraction of sp³-hybridized carbons (Fsp3) is 0.0476. The van der Waals surface area contributed by atoms with Gasteiger partial charge in [0.05, 0.1) is 11.4 Å². The topological polar surface area (TPSA) is 37.4 Å². The summed E-state index contributed by atoms with van der Waals surface area (Å²) in [6.45, 7) is 0.304. The number of thioether (sulfide) groups is 1. The summed E-state index contributed by atoms with van der Waals surface area (Å²) in [5, 5.41) is 1.96. The highest BCUT2D eigenvalue weighted by Gasteiger charge is 2.34. The van der Waals surface area contributed by atoms with E-state index < -0.39 is 0 Å². The van der Waals surface area contributed by atoms with E-state index in [-0.39, 0.29) is 11.1 Å². The Morgan fingerprint density at radius 1 is 0.840 bits per heavy atom. The largest absolute Gasteiger partial charge is 0.293 e. The van der Waals surface area contributed by atoms with E-state index in [4.69, 9.17) is 0 Å². The summed E-state index contributed by atoms with van der Waals surface area (Å²) in [6, 6.07) is 23.5. The second-order valence-corrected chi connectivity index (χ2v) is 6.82. The summed E-state index contributed by atoms with van der Waals surface area (Å²) in [5.74, 6) is -0.230. The molecule has 1 saturated heterocycles. The predicted octanol–water partition coefficient (Wildman–Crippen LogP) is 5.08. The fourth-order valence-corrected chi connectivity index (χ4v) is 3.75. The third-order valence-electron chi connectivity index (χ3n) is 4.17. The van der Waals surface area contributed by atoms with E-state index in [1.165, 1.54) is 4.90 Å². The van der Waals surface area contributed by atoms with Crippen molar-refractivity contribution in [2.24, 2.45) is 0 Å². The van der Waals surface area contributed by atoms with Gasteiger partial charge in [0, 0.05) is 0 Å². The molecule has 3 aromatic carbocycles. The van der Waals surface area contributed by atoms with Crippen LogP contribution < -0.4 is 0 Å². The van der Waals surface area contributed by atoms with Crippen molar-refractivity contribution in [2.75, 3.05) is 0 Å². The molecular formula is C21H15NO2S. The minimum atomic E-state index is -0.230. The Morgan fingerprint density at radius 2 is 1.56 bits per heavy atom. The van der Waals surface area contributed by atoms with Crippen LogP contribution in [0.25, 0.3) is 16.8 Å². The maximum absolute atomic E-state index is 12.7. The lowest BCUT2D eigenvalue weighted by Crippen LogP contribution is -2.27. The van der Waals surface area contributed by atoms with Crippen molar-refractivity contribution in [2.45, 2.75) is 6.54 Å². The van der Waals surface area contributed by atoms with Gasteiger partial charge in [-0.25, -0.2) is 0 Å². The second-order valence-electron chi connectivity index (χ2n) is 5.82. The molecular weight excluding hydrogens is 330 g/mol. The average molecular weight is 345 g/mol. The van der Waals surface area contributed by atoms with Gasteiger partial charge < -0.3 is 0 Å². The highest BCUT2D eigenvalue weighted by atomic mass is 32.2. The lowest BCUT2D eigenvalue weighted by Gasteiger charge is -2.12. The van der Waals surface area contributed by atoms with Gasteiger partial charge in [-0.3, -0.25) is 14.5 Å². The van der Waals surface area contributed by atoms with Crippen molar-refractivity contribution in [1.82, 2.24) is 4.90 Å². The molecule has 0 atom stereocenters. The van der Waals surface area contributed by atoms with Crippen LogP contribution >= 0.6 is 11.8 Å². The molecule has 0 bridgehead atoms. The van der Waals surface area contributed by atoms with Crippen LogP contribution in [0.2, 0.25) is 0 Å². The molecule has 4 rings (SSSR count). The van der Waals surface area contributed by atoms with E-state index in [0.717, 1.165) is 33.7 Å². The number of rotatable bonds is 3. The standard InChI is InChI=1S/C21H15NO2S/c23-20-19(13-17-11-6-10-16-9-4-5-12-18(16)17)25-21(24)22(20)14-15-7-2-1-3-8-15/h1-13H,14H2/b19-13-. The van der Waals surface area contributed by atoms with Gasteiger partial charge in [-0.2, -0.15) is 0 Å². The Morgan fingerprint density at radius 3 is 2.40 bits per heavy atom. The maximum atomic E-state index is 12.7. The van der Waals surface area contributed by atoms with Gasteiger partial charge in [0.15, 0.2) is 0 Å². The molecule has 3 aromatic rings. The van der Waals surface area contributed by atoms with Gasteiger partial charge in [0.25, 0.3) is 11.1 Å². The Kier molecular flexibility index (Phi) is 4.12. The molecule has 25 heavy (non-hydrogen) atoms. The number of hydrogen-bond donors (Lipinski definition) is 0. The van der Waals surface area contributed by atoms with Gasteiger partial charge in [0.1, 0.15) is 0 Å². The average Bonchev–Trinajstić information content (AvgIpc) is 2.90. The molecule has 1 heterocycles. The molecule has 0 saturated carbocycles. The predicted molar refractivity (Wildman–Crippen MR) is 102 cm³/mol. The SMILES string of the molecule is O=C1S/C(=C\c2cccc3ccccc23)C(=O)N1Cc1ccccc1. The van der Waals surface area contributed by atoms with Crippen LogP contribution in [-0.4, -0.2) is 16.0 Å². The second kappa shape index (κ2) is 6.57. The highest BCUT2D eigenvalue weighted by molar-refractivity contribution is 8.18. The molecule has 1 aliphatic rings. The van der Waals surface area contributed by atoms with Gasteiger partial charge in [0.2, 0.25) is 0 Å². The first-order valence-electron chi connectivity index (χ1n) is 7.99. The van der Waals surface area contributed by atoms with Crippen molar-refractivity contribution < 1.29 is 9.59 Å². The van der Waals surface area contributed by atoms with Crippen molar-refractivity contribution in [1.29, 1.82) is 0 Å². The minimum absolute atomic E-state index is 0.222. The minimum Gasteiger partial charge on any atom is -0.268 e. The first-order valence-corrected chi connectivity index (χ1v) is 8.81. The molecule has 3 nitrogen and oxygen atoms in total. The van der Waals surface area contributed by atoms with Crippen LogP contribution in [0.4, 0.5) is 4.79 Å². The molecule has 1 fully saturated rings. The molecule has 0 N–H and O–H groups in total. The van der Waals surface area contributed by atoms with E-state index in [9.17, 15) is 9.59 Å². The van der Waals surface area contributed by atoms with Crippen LogP contribution in [0.1, 0.15) is 11.1 Å². The normalized spacial score (nSPS) is 16.2. The van der Waals surface area contributed by atoms with E-state index >= 15 is 0 Å². The number of carbonyl (C=O) groups excluding carboxylic acids is 2. The lowest BCUT2D eigenvalue weighted by atomic mass is 10.0. The van der Waals surface area contributed by atoms with E-state index in [1.54, 1.807) is 0 Å². The number of fused-ring (bicyclic) bond motifs is 1. The van der Waals surface area contributed by atoms with Crippen LogP contribution in [-0.2, 0) is 11.3 Å². The molecule has 2 amide bonds. The summed E-state index contributed by atoms with van der Waals surface area (Å²) in [5.41, 5.74) is 1.89. The lowest BCUT2D eigenvalue weighted by molar-refractivity contribution is -0.123. The first-order chi connectivity index (χ1) is 12.2. The van der Waals surface area contributed by atoms with Crippen molar-refractivity contribution in [3.63, 3.8) is 0 Å². The zero-order valence-corrected chi connectivity index (χ0v) is 14.2. The Hall–Kier alpha value is -2.85. The molecule has 0 radical (unpaired) electrons. The van der Waals surface area contributed by atoms with E-state index in [0.29, 0.717) is 11.4 Å². The monoisotopic (exact) mass is 345 g/mol. The third kappa shape index (κ3) is 3.08. The maximum Gasteiger partial charge on any atom is 0.293 e. The Bertz CT molecular complexity index is 990. The summed E-state index contributed by atoms with van der Waals surface area (Å²) in [7, 11) is 0. The van der Waals surface area contributed by atoms with Crippen molar-refractivity contribution in [3.05, 3.63) is 88.8 Å². The first kappa shape index (κ1) is 15.7. The highest BCUT2D eigenvalue weighted by Crippen LogP contribution is 2.34. The number of amides is 2. The summed E-state index contributed by atoms with van der Waals surface area (Å²) in [6.07, 6.45) is 1.82. The van der Waals surface area contributed by atoms with E-state index in [1.807, 2.05) is 78.9 Å². The third-order valence-corrected chi connectivity index (χ3v) is 5.07. The molecule has 4 heteroatoms. The van der Waals surface area contributed by atoms with Gasteiger partial charge >= 0.3 is 0 Å². The number of imide groups is 1. The smallest absolute Gasteiger partial charge is 0.268 e. The van der Waals surface area contributed by atoms with Crippen LogP contribution in [0.15, 0.2) is 77.7 Å². The number of nitrogens with zero attached hydrogens (tertiary/aromatic N) is 1. The zero-order valence-electron chi connectivity index (χ0n) is 13.4. The molecule has 122 valence electrons. The van der Waals surface area contributed by atoms with Crippen LogP contribution in [0.5, 0.6) is 0 Å². The summed E-state index contributed by atoms with van der Waals surface area (Å²) < 4.78 is 0. The Balaban J connectivity index is 1.66. The summed E-state index contributed by atoms with van der Waals surface area (Å²) >= 11 is 1.00. The van der Waals surface area contributed by atoms with Gasteiger partial charge in [-0.15, -0.1) is 0 Å². The molecule has 0 aliphatic carbocycles. The Labute approximate surface area is 150 Å². The summed E-state index contributed by atoms with van der Waals surface area (Å²) in [4.78, 5) is 26.7. The molecule has 1 aliphatic heterocycles. The van der Waals surface area contributed by atoms with Crippen LogP contribution in [0, 0.1) is 0 Å². The van der Waals surface area contributed by atoms with Crippen molar-refractivity contribution in [3.8, 4) is 0 Å². The van der Waals surface area contributed by atoms with E-state index in [2.05, 4.69) is 0 Å². The van der Waals surface area contributed by atoms with Gasteiger partial charge in [-0.05, 0) is 39.7 Å². The molecule has 0 spiro atoms. The van der Waals surface area contributed by atoms with Gasteiger partial charge in [-0.1, -0.05) is 72.8 Å². The zero-order chi connectivity index (χ0) is 17.2. The molecule has 0 aromatic heterocycles. The quantitative estimate of drug-likeness (QED) is 0.622. The number of carbonyl (C=O) groups is 2. The van der Waals surface area contributed by atoms with Crippen LogP contribution in [0.3, 0.4) is 0 Å². The fourth-order valence-electron chi connectivity index (χ4n) is 2.92.